The van der Waals surface area contributed by atoms with Gasteiger partial charge in [0.15, 0.2) is 0 Å². The molecule has 1 unspecified atom stereocenters. The molecule has 2 aromatic carbocycles. The Bertz CT molecular complexity index is 762. The largest absolute Gasteiger partial charge is 0.398 e. The molecule has 0 amide bonds. The summed E-state index contributed by atoms with van der Waals surface area (Å²) in [4.78, 5) is 7.83. The van der Waals surface area contributed by atoms with Crippen LogP contribution in [0.15, 0.2) is 59.6 Å². The fraction of sp³-hybridized carbons (Fsp3) is 0.458. The van der Waals surface area contributed by atoms with Crippen LogP contribution in [-0.2, 0) is 0 Å². The smallest absolute Gasteiger partial charge is 0.102 e. The minimum Gasteiger partial charge on any atom is -0.398 e. The summed E-state index contributed by atoms with van der Waals surface area (Å²) in [6, 6.07) is 18.7. The van der Waals surface area contributed by atoms with E-state index < -0.39 is 0 Å². The lowest BCUT2D eigenvalue weighted by Crippen LogP contribution is -2.28. The SMILES string of the molecule is Nc1ccccc1C(N=C1CCN(CC2CCCCC2)C1)c1ccccc1. The van der Waals surface area contributed by atoms with Gasteiger partial charge in [0.25, 0.3) is 0 Å². The lowest BCUT2D eigenvalue weighted by Gasteiger charge is -2.26. The normalized spacial score (nSPS) is 21.6. The molecule has 1 saturated heterocycles. The van der Waals surface area contributed by atoms with Crippen LogP contribution in [-0.4, -0.2) is 30.2 Å². The molecule has 2 aliphatic rings. The molecule has 1 saturated carbocycles. The summed E-state index contributed by atoms with van der Waals surface area (Å²) in [6.07, 6.45) is 8.18. The topological polar surface area (TPSA) is 41.6 Å². The van der Waals surface area contributed by atoms with Crippen LogP contribution in [0.5, 0.6) is 0 Å². The molecule has 1 aliphatic heterocycles. The second-order valence-corrected chi connectivity index (χ2v) is 8.13. The molecule has 0 spiro atoms. The quantitative estimate of drug-likeness (QED) is 0.754. The highest BCUT2D eigenvalue weighted by molar-refractivity contribution is 5.88. The maximum Gasteiger partial charge on any atom is 0.102 e. The number of hydrogen-bond acceptors (Lipinski definition) is 3. The molecule has 3 nitrogen and oxygen atoms in total. The number of hydrogen-bond donors (Lipinski definition) is 1. The molecule has 142 valence electrons. The number of anilines is 1. The van der Waals surface area contributed by atoms with Crippen LogP contribution in [0.1, 0.15) is 55.7 Å². The van der Waals surface area contributed by atoms with Gasteiger partial charge in [-0.25, -0.2) is 0 Å². The van der Waals surface area contributed by atoms with Gasteiger partial charge in [-0.3, -0.25) is 9.89 Å². The highest BCUT2D eigenvalue weighted by Crippen LogP contribution is 2.31. The fourth-order valence-corrected chi connectivity index (χ4v) is 4.60. The summed E-state index contributed by atoms with van der Waals surface area (Å²) in [7, 11) is 0. The molecule has 1 atom stereocenters. The number of nitrogens with zero attached hydrogens (tertiary/aromatic N) is 2. The molecule has 27 heavy (non-hydrogen) atoms. The van der Waals surface area contributed by atoms with Gasteiger partial charge in [0.2, 0.25) is 0 Å². The van der Waals surface area contributed by atoms with Crippen molar-refractivity contribution < 1.29 is 0 Å². The average Bonchev–Trinajstić information content (AvgIpc) is 3.15. The number of nitrogen functional groups attached to an aromatic ring is 1. The lowest BCUT2D eigenvalue weighted by atomic mass is 9.89. The van der Waals surface area contributed by atoms with Gasteiger partial charge >= 0.3 is 0 Å². The van der Waals surface area contributed by atoms with Gasteiger partial charge in [0.05, 0.1) is 0 Å². The van der Waals surface area contributed by atoms with Crippen LogP contribution in [0.3, 0.4) is 0 Å². The first-order chi connectivity index (χ1) is 13.3. The van der Waals surface area contributed by atoms with E-state index in [1.165, 1.54) is 49.9 Å². The Kier molecular flexibility index (Phi) is 5.88. The molecule has 0 aromatic heterocycles. The van der Waals surface area contributed by atoms with Crippen molar-refractivity contribution in [3.8, 4) is 0 Å². The zero-order valence-corrected chi connectivity index (χ0v) is 16.2. The zero-order chi connectivity index (χ0) is 18.5. The maximum absolute atomic E-state index is 6.30. The Hall–Kier alpha value is -2.13. The molecule has 1 heterocycles. The van der Waals surface area contributed by atoms with E-state index in [0.29, 0.717) is 0 Å². The van der Waals surface area contributed by atoms with Gasteiger partial charge in [-0.1, -0.05) is 67.8 Å². The van der Waals surface area contributed by atoms with Crippen LogP contribution in [0.2, 0.25) is 0 Å². The van der Waals surface area contributed by atoms with Crippen molar-refractivity contribution in [3.05, 3.63) is 65.7 Å². The maximum atomic E-state index is 6.30. The summed E-state index contributed by atoms with van der Waals surface area (Å²) in [5, 5.41) is 0. The van der Waals surface area contributed by atoms with E-state index in [9.17, 15) is 0 Å². The number of aliphatic imine (C=N–C) groups is 1. The molecule has 2 N–H and O–H groups in total. The van der Waals surface area contributed by atoms with Gasteiger partial charge in [-0.05, 0) is 36.8 Å². The Balaban J connectivity index is 1.52. The van der Waals surface area contributed by atoms with Gasteiger partial charge in [0, 0.05) is 36.6 Å². The third kappa shape index (κ3) is 4.59. The molecular weight excluding hydrogens is 330 g/mol. The van der Waals surface area contributed by atoms with Crippen molar-refractivity contribution in [2.45, 2.75) is 44.6 Å². The molecule has 0 bridgehead atoms. The van der Waals surface area contributed by atoms with Gasteiger partial charge < -0.3 is 5.73 Å². The molecule has 2 fully saturated rings. The van der Waals surface area contributed by atoms with Crippen molar-refractivity contribution in [3.63, 3.8) is 0 Å². The monoisotopic (exact) mass is 361 g/mol. The number of rotatable bonds is 5. The van der Waals surface area contributed by atoms with Crippen LogP contribution in [0, 0.1) is 5.92 Å². The number of benzene rings is 2. The summed E-state index contributed by atoms with van der Waals surface area (Å²) in [6.45, 7) is 3.43. The van der Waals surface area contributed by atoms with Crippen molar-refractivity contribution in [1.29, 1.82) is 0 Å². The molecule has 2 aromatic rings. The molecular formula is C24H31N3. The molecule has 1 aliphatic carbocycles. The van der Waals surface area contributed by atoms with Crippen molar-refractivity contribution in [2.75, 3.05) is 25.4 Å². The summed E-state index contributed by atoms with van der Waals surface area (Å²) < 4.78 is 0. The van der Waals surface area contributed by atoms with E-state index in [2.05, 4.69) is 47.4 Å². The standard InChI is InChI=1S/C24H31N3/c25-23-14-8-7-13-22(23)24(20-11-5-2-6-12-20)26-21-15-16-27(18-21)17-19-9-3-1-4-10-19/h2,5-8,11-14,19,24H,1,3-4,9-10,15-18,25H2. The second kappa shape index (κ2) is 8.71. The van der Waals surface area contributed by atoms with Crippen molar-refractivity contribution in [2.24, 2.45) is 10.9 Å². The number of likely N-dealkylation sites (tertiary alicyclic amines) is 1. The van der Waals surface area contributed by atoms with Crippen molar-refractivity contribution in [1.82, 2.24) is 4.90 Å². The number of nitrogens with two attached hydrogens (primary N) is 1. The first-order valence-corrected chi connectivity index (χ1v) is 10.5. The van der Waals surface area contributed by atoms with Crippen molar-refractivity contribution >= 4 is 11.4 Å². The molecule has 4 rings (SSSR count). The fourth-order valence-electron chi connectivity index (χ4n) is 4.60. The Morgan fingerprint density at radius 3 is 2.48 bits per heavy atom. The highest BCUT2D eigenvalue weighted by atomic mass is 15.2. The Labute approximate surface area is 163 Å². The van der Waals surface area contributed by atoms with Crippen LogP contribution < -0.4 is 5.73 Å². The highest BCUT2D eigenvalue weighted by Gasteiger charge is 2.24. The third-order valence-electron chi connectivity index (χ3n) is 6.08. The third-order valence-corrected chi connectivity index (χ3v) is 6.08. The van der Waals surface area contributed by atoms with E-state index in [1.54, 1.807) is 0 Å². The van der Waals surface area contributed by atoms with Crippen LogP contribution in [0.4, 0.5) is 5.69 Å². The predicted octanol–water partition coefficient (Wildman–Crippen LogP) is 5.09. The second-order valence-electron chi connectivity index (χ2n) is 8.13. The predicted molar refractivity (Wildman–Crippen MR) is 114 cm³/mol. The minimum absolute atomic E-state index is 0.00275. The van der Waals surface area contributed by atoms with Gasteiger partial charge in [-0.2, -0.15) is 0 Å². The Morgan fingerprint density at radius 1 is 0.963 bits per heavy atom. The average molecular weight is 362 g/mol. The van der Waals surface area contributed by atoms with E-state index in [4.69, 9.17) is 10.7 Å². The van der Waals surface area contributed by atoms with E-state index >= 15 is 0 Å². The Morgan fingerprint density at radius 2 is 1.70 bits per heavy atom. The van der Waals surface area contributed by atoms with E-state index in [0.717, 1.165) is 36.7 Å². The molecule has 3 heteroatoms. The van der Waals surface area contributed by atoms with E-state index in [1.807, 2.05) is 12.1 Å². The molecule has 0 radical (unpaired) electrons. The number of para-hydroxylation sites is 1. The van der Waals surface area contributed by atoms with E-state index in [-0.39, 0.29) is 6.04 Å². The first-order valence-electron chi connectivity index (χ1n) is 10.5. The van der Waals surface area contributed by atoms with Crippen LogP contribution in [0.25, 0.3) is 0 Å². The van der Waals surface area contributed by atoms with Gasteiger partial charge in [-0.15, -0.1) is 0 Å². The van der Waals surface area contributed by atoms with Gasteiger partial charge in [0.1, 0.15) is 6.04 Å². The summed E-state index contributed by atoms with van der Waals surface area (Å²) in [5.41, 5.74) is 10.8. The summed E-state index contributed by atoms with van der Waals surface area (Å²) in [5.74, 6) is 0.896. The van der Waals surface area contributed by atoms with Crippen LogP contribution >= 0.6 is 0 Å². The zero-order valence-electron chi connectivity index (χ0n) is 16.2. The summed E-state index contributed by atoms with van der Waals surface area (Å²) >= 11 is 0. The lowest BCUT2D eigenvalue weighted by molar-refractivity contribution is 0.238. The minimum atomic E-state index is -0.00275. The first kappa shape index (κ1) is 18.2.